The monoisotopic (exact) mass is 179 g/mol. The maximum absolute atomic E-state index is 3.19. The average Bonchev–Trinajstić information content (AvgIpc) is 2.47. The summed E-state index contributed by atoms with van der Waals surface area (Å²) in [5.74, 6) is 0. The molecule has 74 valence electrons. The Balaban J connectivity index is 0.000000671. The molecular weight excluding hydrogens is 158 g/mol. The third-order valence-electron chi connectivity index (χ3n) is 1.85. The van der Waals surface area contributed by atoms with Crippen molar-refractivity contribution in [1.82, 2.24) is 4.98 Å². The summed E-state index contributed by atoms with van der Waals surface area (Å²) in [4.78, 5) is 3.19. The first-order valence-corrected chi connectivity index (χ1v) is 5.06. The second-order valence-corrected chi connectivity index (χ2v) is 2.82. The van der Waals surface area contributed by atoms with E-state index in [4.69, 9.17) is 0 Å². The molecular formula is C12H21N. The first kappa shape index (κ1) is 12.0. The van der Waals surface area contributed by atoms with Crippen LogP contribution >= 0.6 is 0 Å². The van der Waals surface area contributed by atoms with Crippen LogP contribution < -0.4 is 0 Å². The van der Waals surface area contributed by atoms with E-state index in [1.165, 1.54) is 16.8 Å². The average molecular weight is 179 g/mol. The predicted molar refractivity (Wildman–Crippen MR) is 60.9 cm³/mol. The van der Waals surface area contributed by atoms with Gasteiger partial charge in [0.2, 0.25) is 0 Å². The summed E-state index contributed by atoms with van der Waals surface area (Å²) in [7, 11) is 0. The molecule has 0 aliphatic heterocycles. The van der Waals surface area contributed by atoms with Crippen molar-refractivity contribution in [3.8, 4) is 0 Å². The van der Waals surface area contributed by atoms with Gasteiger partial charge in [-0.3, -0.25) is 0 Å². The number of rotatable bonds is 2. The molecule has 13 heavy (non-hydrogen) atoms. The van der Waals surface area contributed by atoms with E-state index in [9.17, 15) is 0 Å². The van der Waals surface area contributed by atoms with Crippen LogP contribution in [0.5, 0.6) is 0 Å². The Bertz CT molecular complexity index is 237. The van der Waals surface area contributed by atoms with Crippen LogP contribution in [0.15, 0.2) is 12.3 Å². The fourth-order valence-electron chi connectivity index (χ4n) is 1.16. The van der Waals surface area contributed by atoms with Crippen molar-refractivity contribution >= 4 is 6.08 Å². The summed E-state index contributed by atoms with van der Waals surface area (Å²) in [6, 6.07) is 0. The highest BCUT2D eigenvalue weighted by Gasteiger charge is 1.98. The number of aromatic nitrogens is 1. The van der Waals surface area contributed by atoms with Crippen molar-refractivity contribution in [2.45, 2.75) is 41.0 Å². The number of aromatic amines is 1. The summed E-state index contributed by atoms with van der Waals surface area (Å²) in [5.41, 5.74) is 3.92. The smallest absolute Gasteiger partial charge is 0.0191 e. The normalized spacial score (nSPS) is 9.92. The van der Waals surface area contributed by atoms with Crippen LogP contribution in [0.25, 0.3) is 6.08 Å². The zero-order valence-corrected chi connectivity index (χ0v) is 9.44. The summed E-state index contributed by atoms with van der Waals surface area (Å²) in [6.07, 6.45) is 7.51. The molecule has 0 atom stereocenters. The molecule has 0 saturated carbocycles. The molecule has 1 aromatic rings. The van der Waals surface area contributed by atoms with Gasteiger partial charge in [-0.15, -0.1) is 0 Å². The Morgan fingerprint density at radius 1 is 1.31 bits per heavy atom. The molecule has 1 nitrogen and oxygen atoms in total. The lowest BCUT2D eigenvalue weighted by Gasteiger charge is -1.91. The highest BCUT2D eigenvalue weighted by Crippen LogP contribution is 2.13. The predicted octanol–water partition coefficient (Wildman–Crippen LogP) is 4.08. The van der Waals surface area contributed by atoms with Crippen molar-refractivity contribution in [2.75, 3.05) is 0 Å². The molecule has 0 aromatic carbocycles. The maximum atomic E-state index is 3.19. The van der Waals surface area contributed by atoms with Crippen molar-refractivity contribution < 1.29 is 0 Å². The van der Waals surface area contributed by atoms with Gasteiger partial charge in [-0.1, -0.05) is 32.9 Å². The van der Waals surface area contributed by atoms with E-state index in [0.29, 0.717) is 0 Å². The minimum absolute atomic E-state index is 1.10. The third-order valence-corrected chi connectivity index (χ3v) is 1.85. The molecule has 0 aliphatic carbocycles. The molecule has 1 heteroatoms. The quantitative estimate of drug-likeness (QED) is 0.704. The lowest BCUT2D eigenvalue weighted by atomic mass is 10.1. The van der Waals surface area contributed by atoms with Gasteiger partial charge in [0.05, 0.1) is 0 Å². The van der Waals surface area contributed by atoms with E-state index in [2.05, 4.69) is 37.9 Å². The first-order chi connectivity index (χ1) is 6.25. The van der Waals surface area contributed by atoms with Crippen LogP contribution in [0.4, 0.5) is 0 Å². The zero-order valence-electron chi connectivity index (χ0n) is 9.44. The summed E-state index contributed by atoms with van der Waals surface area (Å²) < 4.78 is 0. The van der Waals surface area contributed by atoms with Gasteiger partial charge in [0.15, 0.2) is 0 Å². The van der Waals surface area contributed by atoms with Crippen LogP contribution in [-0.2, 0) is 0 Å². The SMILES string of the molecule is CC.CC/C=C\c1c(C)c[nH]c1C. The van der Waals surface area contributed by atoms with Crippen LogP contribution in [0.1, 0.15) is 44.0 Å². The van der Waals surface area contributed by atoms with E-state index < -0.39 is 0 Å². The number of H-pyrrole nitrogens is 1. The van der Waals surface area contributed by atoms with E-state index in [1.807, 2.05) is 20.0 Å². The van der Waals surface area contributed by atoms with Gasteiger partial charge >= 0.3 is 0 Å². The fraction of sp³-hybridized carbons (Fsp3) is 0.500. The molecule has 0 unspecified atom stereocenters. The lowest BCUT2D eigenvalue weighted by molar-refractivity contribution is 1.23. The molecule has 1 aromatic heterocycles. The summed E-state index contributed by atoms with van der Waals surface area (Å²) >= 11 is 0. The number of hydrogen-bond acceptors (Lipinski definition) is 0. The highest BCUT2D eigenvalue weighted by atomic mass is 14.7. The van der Waals surface area contributed by atoms with Gasteiger partial charge in [0.1, 0.15) is 0 Å². The Morgan fingerprint density at radius 2 is 1.92 bits per heavy atom. The van der Waals surface area contributed by atoms with Gasteiger partial charge < -0.3 is 4.98 Å². The molecule has 1 rings (SSSR count). The molecule has 0 spiro atoms. The molecule has 0 amide bonds. The van der Waals surface area contributed by atoms with Crippen LogP contribution in [0.2, 0.25) is 0 Å². The topological polar surface area (TPSA) is 15.8 Å². The van der Waals surface area contributed by atoms with E-state index >= 15 is 0 Å². The van der Waals surface area contributed by atoms with Gasteiger partial charge in [-0.2, -0.15) is 0 Å². The second kappa shape index (κ2) is 6.53. The second-order valence-electron chi connectivity index (χ2n) is 2.82. The fourth-order valence-corrected chi connectivity index (χ4v) is 1.16. The van der Waals surface area contributed by atoms with Gasteiger partial charge in [0.25, 0.3) is 0 Å². The third kappa shape index (κ3) is 3.49. The van der Waals surface area contributed by atoms with Gasteiger partial charge in [-0.25, -0.2) is 0 Å². The molecule has 0 saturated heterocycles. The Labute approximate surface area is 81.9 Å². The van der Waals surface area contributed by atoms with Crippen molar-refractivity contribution in [2.24, 2.45) is 0 Å². The Kier molecular flexibility index (Phi) is 6.03. The number of allylic oxidation sites excluding steroid dienone is 1. The lowest BCUT2D eigenvalue weighted by Crippen LogP contribution is -1.75. The maximum Gasteiger partial charge on any atom is 0.0191 e. The minimum Gasteiger partial charge on any atom is -0.364 e. The van der Waals surface area contributed by atoms with Crippen molar-refractivity contribution in [1.29, 1.82) is 0 Å². The number of nitrogens with one attached hydrogen (secondary N) is 1. The van der Waals surface area contributed by atoms with Crippen LogP contribution in [0, 0.1) is 13.8 Å². The number of hydrogen-bond donors (Lipinski definition) is 1. The van der Waals surface area contributed by atoms with E-state index in [1.54, 1.807) is 0 Å². The van der Waals surface area contributed by atoms with Crippen LogP contribution in [0.3, 0.4) is 0 Å². The van der Waals surface area contributed by atoms with E-state index in [-0.39, 0.29) is 0 Å². The standard InChI is InChI=1S/C10H15N.C2H6/c1-4-5-6-10-8(2)7-11-9(10)3;1-2/h5-7,11H,4H2,1-3H3;1-2H3/b6-5-;. The van der Waals surface area contributed by atoms with Crippen molar-refractivity contribution in [3.63, 3.8) is 0 Å². The van der Waals surface area contributed by atoms with Crippen molar-refractivity contribution in [3.05, 3.63) is 29.1 Å². The summed E-state index contributed by atoms with van der Waals surface area (Å²) in [6.45, 7) is 10.4. The zero-order chi connectivity index (χ0) is 10.3. The number of aryl methyl sites for hydroxylation is 2. The first-order valence-electron chi connectivity index (χ1n) is 5.06. The molecule has 0 bridgehead atoms. The minimum atomic E-state index is 1.10. The van der Waals surface area contributed by atoms with Gasteiger partial charge in [0, 0.05) is 11.9 Å². The summed E-state index contributed by atoms with van der Waals surface area (Å²) in [5, 5.41) is 0. The Morgan fingerprint density at radius 3 is 2.31 bits per heavy atom. The largest absolute Gasteiger partial charge is 0.364 e. The molecule has 0 aliphatic rings. The highest BCUT2D eigenvalue weighted by molar-refractivity contribution is 5.55. The van der Waals surface area contributed by atoms with E-state index in [0.717, 1.165) is 6.42 Å². The molecule has 1 heterocycles. The van der Waals surface area contributed by atoms with Gasteiger partial charge in [-0.05, 0) is 31.4 Å². The Hall–Kier alpha value is -0.980. The molecule has 1 N–H and O–H groups in total. The molecule has 0 fully saturated rings. The van der Waals surface area contributed by atoms with Crippen LogP contribution in [-0.4, -0.2) is 4.98 Å². The molecule has 0 radical (unpaired) electrons.